The molecule has 0 amide bonds. The lowest BCUT2D eigenvalue weighted by Crippen LogP contribution is -2.31. The average Bonchev–Trinajstić information content (AvgIpc) is 0.742. The Labute approximate surface area is 524 Å². The van der Waals surface area contributed by atoms with Crippen molar-refractivity contribution in [1.82, 2.24) is 4.57 Å². The number of aromatic nitrogens is 1. The minimum absolute atomic E-state index is 0.0805. The van der Waals surface area contributed by atoms with Gasteiger partial charge in [0, 0.05) is 33.8 Å². The lowest BCUT2D eigenvalue weighted by Gasteiger charge is -2.48. The van der Waals surface area contributed by atoms with Gasteiger partial charge in [0.25, 0.3) is 0 Å². The Balaban J connectivity index is 0.998. The number of benzene rings is 14. The molecule has 0 unspecified atom stereocenters. The van der Waals surface area contributed by atoms with Gasteiger partial charge in [-0.15, -0.1) is 0 Å². The minimum Gasteiger partial charge on any atom is -0.309 e. The molecule has 1 aromatic heterocycles. The second-order valence-corrected chi connectivity index (χ2v) is 24.0. The van der Waals surface area contributed by atoms with E-state index in [4.69, 9.17) is 0 Å². The van der Waals surface area contributed by atoms with Crippen molar-refractivity contribution in [2.75, 3.05) is 14.7 Å². The Kier molecular flexibility index (Phi) is 12.0. The monoisotopic (exact) mass is 1150 g/mol. The van der Waals surface area contributed by atoms with Crippen LogP contribution in [0.4, 0.5) is 51.2 Å². The minimum atomic E-state index is -0.0805. The van der Waals surface area contributed by atoms with Crippen LogP contribution < -0.4 is 14.7 Å². The maximum atomic E-state index is 2.62. The summed E-state index contributed by atoms with van der Waals surface area (Å²) < 4.78 is 2.47. The highest BCUT2D eigenvalue weighted by Crippen LogP contribution is 2.65. The molecule has 0 saturated carbocycles. The van der Waals surface area contributed by atoms with Crippen molar-refractivity contribution in [3.63, 3.8) is 0 Å². The van der Waals surface area contributed by atoms with Crippen molar-refractivity contribution < 1.29 is 0 Å². The summed E-state index contributed by atoms with van der Waals surface area (Å²) in [5, 5.41) is 2.45. The first kappa shape index (κ1) is 51.5. The first-order valence-corrected chi connectivity index (χ1v) is 31.2. The van der Waals surface area contributed by atoms with E-state index in [1.165, 1.54) is 38.6 Å². The number of hydrogen-bond acceptors (Lipinski definition) is 3. The number of nitrogens with zero attached hydrogens (tertiary/aromatic N) is 4. The Morgan fingerprint density at radius 3 is 1.09 bits per heavy atom. The van der Waals surface area contributed by atoms with Gasteiger partial charge in [0.2, 0.25) is 0 Å². The Morgan fingerprint density at radius 1 is 0.233 bits per heavy atom. The van der Waals surface area contributed by atoms with Crippen LogP contribution in [0.2, 0.25) is 0 Å². The van der Waals surface area contributed by atoms with Crippen LogP contribution in [0.25, 0.3) is 83.1 Å². The molecule has 0 fully saturated rings. The van der Waals surface area contributed by atoms with Gasteiger partial charge in [-0.2, -0.15) is 0 Å². The number of rotatable bonds is 9. The van der Waals surface area contributed by atoms with Crippen LogP contribution in [0.15, 0.2) is 334 Å². The SMILES string of the molecule is c1ccc(-c2cc(-c3ccccc3)cc(N3c4cc(-n5c6ccccc6c6ccccc65)ccc4N4c5cc(-c6ccccc6)ccc5N(c5cc(-c6ccccc6)cc(-c6ccccc6)c5)c5cc(C6c7ccccc7Cc7ccccc76)cc3c54)c2)cc1. The molecule has 0 spiro atoms. The fraction of sp³-hybridized carbons (Fsp3) is 0.0233. The van der Waals surface area contributed by atoms with E-state index in [0.717, 1.165) is 130 Å². The summed E-state index contributed by atoms with van der Waals surface area (Å²) in [6, 6.07) is 124. The van der Waals surface area contributed by atoms with E-state index in [2.05, 4.69) is 353 Å². The van der Waals surface area contributed by atoms with Gasteiger partial charge in [-0.1, -0.05) is 243 Å². The maximum absolute atomic E-state index is 2.62. The molecule has 15 aromatic rings. The number of para-hydroxylation sites is 2. The first-order valence-electron chi connectivity index (χ1n) is 31.2. The molecule has 0 N–H and O–H groups in total. The molecule has 0 saturated heterocycles. The summed E-state index contributed by atoms with van der Waals surface area (Å²) in [4.78, 5) is 7.81. The summed E-state index contributed by atoms with van der Waals surface area (Å²) in [6.07, 6.45) is 0.881. The molecule has 18 rings (SSSR count). The van der Waals surface area contributed by atoms with E-state index in [9.17, 15) is 0 Å². The molecule has 3 heterocycles. The third kappa shape index (κ3) is 8.44. The summed E-state index contributed by atoms with van der Waals surface area (Å²) in [7, 11) is 0. The van der Waals surface area contributed by atoms with Crippen molar-refractivity contribution in [2.24, 2.45) is 0 Å². The Hall–Kier alpha value is -11.7. The Bertz CT molecular complexity index is 5070. The average molecular weight is 1150 g/mol. The van der Waals surface area contributed by atoms with Crippen LogP contribution in [0, 0.1) is 0 Å². The first-order chi connectivity index (χ1) is 44.6. The molecule has 3 aliphatic rings. The van der Waals surface area contributed by atoms with Gasteiger partial charge in [-0.05, 0) is 181 Å². The number of hydrogen-bond donors (Lipinski definition) is 0. The molecule has 4 nitrogen and oxygen atoms in total. The van der Waals surface area contributed by atoms with Crippen molar-refractivity contribution in [1.29, 1.82) is 0 Å². The molecule has 90 heavy (non-hydrogen) atoms. The van der Waals surface area contributed by atoms with Gasteiger partial charge in [0.15, 0.2) is 0 Å². The highest BCUT2D eigenvalue weighted by atomic mass is 15.3. The van der Waals surface area contributed by atoms with Crippen molar-refractivity contribution in [2.45, 2.75) is 12.3 Å². The molecule has 1 aliphatic carbocycles. The van der Waals surface area contributed by atoms with E-state index in [-0.39, 0.29) is 5.92 Å². The predicted molar refractivity (Wildman–Crippen MR) is 376 cm³/mol. The predicted octanol–water partition coefficient (Wildman–Crippen LogP) is 23.2. The maximum Gasteiger partial charge on any atom is 0.0948 e. The zero-order valence-corrected chi connectivity index (χ0v) is 49.3. The van der Waals surface area contributed by atoms with E-state index in [1.807, 2.05) is 0 Å². The van der Waals surface area contributed by atoms with Gasteiger partial charge >= 0.3 is 0 Å². The van der Waals surface area contributed by atoms with Crippen molar-refractivity contribution in [3.8, 4) is 61.3 Å². The summed E-state index contributed by atoms with van der Waals surface area (Å²) in [5.74, 6) is -0.0805. The van der Waals surface area contributed by atoms with Crippen LogP contribution >= 0.6 is 0 Å². The molecule has 422 valence electrons. The van der Waals surface area contributed by atoms with E-state index in [0.29, 0.717) is 0 Å². The third-order valence-corrected chi connectivity index (χ3v) is 18.9. The van der Waals surface area contributed by atoms with Gasteiger partial charge in [-0.3, -0.25) is 0 Å². The molecule has 0 atom stereocenters. The largest absolute Gasteiger partial charge is 0.309 e. The van der Waals surface area contributed by atoms with Crippen LogP contribution in [0.1, 0.15) is 33.7 Å². The van der Waals surface area contributed by atoms with Gasteiger partial charge in [0.05, 0.1) is 50.8 Å². The zero-order valence-electron chi connectivity index (χ0n) is 49.3. The van der Waals surface area contributed by atoms with Gasteiger partial charge in [-0.25, -0.2) is 0 Å². The second-order valence-electron chi connectivity index (χ2n) is 24.0. The Morgan fingerprint density at radius 2 is 0.611 bits per heavy atom. The highest BCUT2D eigenvalue weighted by Gasteiger charge is 2.42. The van der Waals surface area contributed by atoms with Crippen molar-refractivity contribution in [3.05, 3.63) is 361 Å². The lowest BCUT2D eigenvalue weighted by molar-refractivity contribution is 0.884. The van der Waals surface area contributed by atoms with Crippen LogP contribution in [-0.4, -0.2) is 4.57 Å². The summed E-state index contributed by atoms with van der Waals surface area (Å²) in [6.45, 7) is 0. The molecular formula is C86H58N4. The third-order valence-electron chi connectivity index (χ3n) is 18.9. The molecule has 0 bridgehead atoms. The van der Waals surface area contributed by atoms with Crippen LogP contribution in [-0.2, 0) is 6.42 Å². The molecular weight excluding hydrogens is 1090 g/mol. The fourth-order valence-corrected chi connectivity index (χ4v) is 14.8. The van der Waals surface area contributed by atoms with Crippen LogP contribution in [0.3, 0.4) is 0 Å². The quantitative estimate of drug-likeness (QED) is 0.143. The lowest BCUT2D eigenvalue weighted by atomic mass is 9.74. The highest BCUT2D eigenvalue weighted by molar-refractivity contribution is 6.15. The molecule has 2 aliphatic heterocycles. The fourth-order valence-electron chi connectivity index (χ4n) is 14.8. The molecule has 0 radical (unpaired) electrons. The molecule has 14 aromatic carbocycles. The molecule has 4 heteroatoms. The van der Waals surface area contributed by atoms with Gasteiger partial charge < -0.3 is 19.3 Å². The topological polar surface area (TPSA) is 14.7 Å². The van der Waals surface area contributed by atoms with Gasteiger partial charge in [0.1, 0.15) is 0 Å². The smallest absolute Gasteiger partial charge is 0.0948 e. The standard InChI is InChI=1S/C86H58N4/c1-6-24-57(25-7-1)62-42-44-79-81(53-62)90-80-45-43-70(87-77-40-22-20-38-75(77)76-39-21-23-41-78(76)87)56-82(80)89(72-51-67(60-30-12-4-13-31-60)48-68(52-72)61-32-14-5-15-33-61)84-55-69(85-73-36-18-16-34-63(73)46-64-35-17-19-37-74(64)85)54-83(86(84)90)88(79)71-49-65(58-26-8-2-9-27-58)47-66(50-71)59-28-10-3-11-29-59/h1-45,47-56,85H,46H2. The van der Waals surface area contributed by atoms with E-state index in [1.54, 1.807) is 0 Å². The zero-order chi connectivity index (χ0) is 59.2. The normalized spacial score (nSPS) is 13.0. The van der Waals surface area contributed by atoms with Crippen LogP contribution in [0.5, 0.6) is 0 Å². The summed E-state index contributed by atoms with van der Waals surface area (Å²) in [5.41, 5.74) is 31.2. The van der Waals surface area contributed by atoms with E-state index < -0.39 is 0 Å². The van der Waals surface area contributed by atoms with Crippen molar-refractivity contribution >= 4 is 73.0 Å². The van der Waals surface area contributed by atoms with E-state index >= 15 is 0 Å². The number of anilines is 9. The second kappa shape index (κ2) is 21.0. The summed E-state index contributed by atoms with van der Waals surface area (Å²) >= 11 is 0. The number of fused-ring (bicyclic) bond motifs is 9.